The molecule has 1 aromatic rings. The monoisotopic (exact) mass is 200 g/mol. The molecule has 0 saturated carbocycles. The van der Waals surface area contributed by atoms with Crippen LogP contribution >= 0.6 is 0 Å². The van der Waals surface area contributed by atoms with E-state index in [1.165, 1.54) is 0 Å². The smallest absolute Gasteiger partial charge is 0.203 e. The third-order valence-electron chi connectivity index (χ3n) is 1.58. The lowest BCUT2D eigenvalue weighted by molar-refractivity contribution is 0.585. The summed E-state index contributed by atoms with van der Waals surface area (Å²) >= 11 is 0. The summed E-state index contributed by atoms with van der Waals surface area (Å²) in [7, 11) is 0. The second-order valence-electron chi connectivity index (χ2n) is 2.58. The Morgan fingerprint density at radius 1 is 1.43 bits per heavy atom. The van der Waals surface area contributed by atoms with E-state index in [-0.39, 0.29) is 18.1 Å². The normalized spacial score (nSPS) is 11.5. The van der Waals surface area contributed by atoms with Crippen LogP contribution in [0.1, 0.15) is 5.56 Å². The van der Waals surface area contributed by atoms with Crippen LogP contribution in [0, 0.1) is 11.6 Å². The Labute approximate surface area is 79.6 Å². The number of aliphatic imine (C=N–C) groups is 1. The maximum atomic E-state index is 13.0. The number of benzene rings is 1. The lowest BCUT2D eigenvalue weighted by atomic mass is 10.2. The van der Waals surface area contributed by atoms with E-state index < -0.39 is 11.6 Å². The van der Waals surface area contributed by atoms with E-state index in [1.54, 1.807) is 0 Å². The zero-order valence-electron chi connectivity index (χ0n) is 7.30. The first-order valence-electron chi connectivity index (χ1n) is 3.84. The molecule has 0 atom stereocenters. The molecule has 0 spiro atoms. The van der Waals surface area contributed by atoms with Crippen molar-refractivity contribution in [3.63, 3.8) is 0 Å². The maximum Gasteiger partial charge on any atom is 0.203 e. The van der Waals surface area contributed by atoms with Gasteiger partial charge in [-0.3, -0.25) is 5.43 Å². The fourth-order valence-corrected chi connectivity index (χ4v) is 0.880. The number of rotatable bonds is 2. The van der Waals surface area contributed by atoms with Crippen LogP contribution in [-0.4, -0.2) is 5.96 Å². The van der Waals surface area contributed by atoms with Crippen LogP contribution in [0.3, 0.4) is 0 Å². The number of guanidine groups is 1. The van der Waals surface area contributed by atoms with Gasteiger partial charge in [-0.1, -0.05) is 0 Å². The average molecular weight is 200 g/mol. The van der Waals surface area contributed by atoms with Crippen molar-refractivity contribution in [2.24, 2.45) is 16.6 Å². The molecule has 0 aromatic heterocycles. The highest BCUT2D eigenvalue weighted by molar-refractivity contribution is 5.77. The average Bonchev–Trinajstić information content (AvgIpc) is 2.19. The van der Waals surface area contributed by atoms with Gasteiger partial charge in [-0.05, 0) is 18.2 Å². The molecule has 1 rings (SSSR count). The van der Waals surface area contributed by atoms with Crippen LogP contribution in [0.4, 0.5) is 8.78 Å². The van der Waals surface area contributed by atoms with E-state index in [0.29, 0.717) is 0 Å². The first-order chi connectivity index (χ1) is 6.63. The standard InChI is InChI=1S/C8H10F2N4/c9-6-1-2-7(10)5(3-6)4-13-8(11)14-12/h1-3H,4,12H2,(H3,11,13,14). The minimum atomic E-state index is -0.528. The summed E-state index contributed by atoms with van der Waals surface area (Å²) in [6, 6.07) is 3.13. The molecule has 5 N–H and O–H groups in total. The number of nitrogens with one attached hydrogen (secondary N) is 1. The van der Waals surface area contributed by atoms with Gasteiger partial charge in [0.15, 0.2) is 0 Å². The van der Waals surface area contributed by atoms with Gasteiger partial charge in [-0.15, -0.1) is 0 Å². The minimum Gasteiger partial charge on any atom is -0.369 e. The molecular formula is C8H10F2N4. The number of nitrogens with zero attached hydrogens (tertiary/aromatic N) is 1. The topological polar surface area (TPSA) is 76.4 Å². The quantitative estimate of drug-likeness (QED) is 0.277. The van der Waals surface area contributed by atoms with Crippen molar-refractivity contribution in [1.29, 1.82) is 0 Å². The number of halogens is 2. The van der Waals surface area contributed by atoms with Crippen LogP contribution < -0.4 is 17.0 Å². The van der Waals surface area contributed by atoms with Gasteiger partial charge < -0.3 is 5.73 Å². The molecule has 6 heteroatoms. The molecule has 0 heterocycles. The fourth-order valence-electron chi connectivity index (χ4n) is 0.880. The van der Waals surface area contributed by atoms with E-state index in [9.17, 15) is 8.78 Å². The van der Waals surface area contributed by atoms with Crippen molar-refractivity contribution in [2.45, 2.75) is 6.54 Å². The lowest BCUT2D eigenvalue weighted by Gasteiger charge is -2.01. The summed E-state index contributed by atoms with van der Waals surface area (Å²) in [4.78, 5) is 3.67. The van der Waals surface area contributed by atoms with Gasteiger partial charge in [-0.2, -0.15) is 0 Å². The summed E-state index contributed by atoms with van der Waals surface area (Å²) in [5, 5.41) is 0. The zero-order valence-corrected chi connectivity index (χ0v) is 7.30. The molecule has 0 bridgehead atoms. The van der Waals surface area contributed by atoms with E-state index in [1.807, 2.05) is 0 Å². The van der Waals surface area contributed by atoms with Crippen molar-refractivity contribution < 1.29 is 8.78 Å². The molecule has 0 fully saturated rings. The van der Waals surface area contributed by atoms with Gasteiger partial charge in [0.25, 0.3) is 0 Å². The highest BCUT2D eigenvalue weighted by Gasteiger charge is 2.02. The summed E-state index contributed by atoms with van der Waals surface area (Å²) in [5.74, 6) is 3.85. The Hall–Kier alpha value is -1.69. The van der Waals surface area contributed by atoms with Crippen LogP contribution in [0.5, 0.6) is 0 Å². The van der Waals surface area contributed by atoms with Gasteiger partial charge in [0.2, 0.25) is 5.96 Å². The first-order valence-corrected chi connectivity index (χ1v) is 3.84. The highest BCUT2D eigenvalue weighted by Crippen LogP contribution is 2.10. The minimum absolute atomic E-state index is 0.0336. The third-order valence-corrected chi connectivity index (χ3v) is 1.58. The number of hydrazine groups is 1. The van der Waals surface area contributed by atoms with Crippen molar-refractivity contribution in [1.82, 2.24) is 5.43 Å². The Kier molecular flexibility index (Phi) is 3.35. The number of hydrogen-bond donors (Lipinski definition) is 3. The SMILES string of the molecule is NNC(N)=NCc1cc(F)ccc1F. The summed E-state index contributed by atoms with van der Waals surface area (Å²) in [5.41, 5.74) is 7.42. The number of nitrogens with two attached hydrogens (primary N) is 2. The van der Waals surface area contributed by atoms with Gasteiger partial charge in [0.1, 0.15) is 11.6 Å². The molecule has 0 saturated heterocycles. The summed E-state index contributed by atoms with van der Waals surface area (Å²) in [6.07, 6.45) is 0. The maximum absolute atomic E-state index is 13.0. The second-order valence-corrected chi connectivity index (χ2v) is 2.58. The van der Waals surface area contributed by atoms with E-state index >= 15 is 0 Å². The van der Waals surface area contributed by atoms with Crippen molar-refractivity contribution in [2.75, 3.05) is 0 Å². The van der Waals surface area contributed by atoms with Crippen molar-refractivity contribution in [3.8, 4) is 0 Å². The van der Waals surface area contributed by atoms with Crippen LogP contribution in [0.25, 0.3) is 0 Å². The Balaban J connectivity index is 2.81. The molecule has 14 heavy (non-hydrogen) atoms. The van der Waals surface area contributed by atoms with Crippen LogP contribution in [0.15, 0.2) is 23.2 Å². The Morgan fingerprint density at radius 3 is 2.79 bits per heavy atom. The van der Waals surface area contributed by atoms with Gasteiger partial charge in [0.05, 0.1) is 6.54 Å². The molecule has 0 unspecified atom stereocenters. The summed E-state index contributed by atoms with van der Waals surface area (Å²) in [6.45, 7) is -0.0559. The predicted octanol–water partition coefficient (Wildman–Crippen LogP) is 0.243. The largest absolute Gasteiger partial charge is 0.369 e. The van der Waals surface area contributed by atoms with E-state index in [0.717, 1.165) is 18.2 Å². The fraction of sp³-hybridized carbons (Fsp3) is 0.125. The molecule has 0 aliphatic heterocycles. The van der Waals surface area contributed by atoms with Gasteiger partial charge >= 0.3 is 0 Å². The number of hydrogen-bond acceptors (Lipinski definition) is 2. The van der Waals surface area contributed by atoms with Crippen molar-refractivity contribution >= 4 is 5.96 Å². The molecule has 0 aliphatic carbocycles. The zero-order chi connectivity index (χ0) is 10.6. The summed E-state index contributed by atoms with van der Waals surface area (Å²) < 4.78 is 25.7. The molecule has 76 valence electrons. The Morgan fingerprint density at radius 2 is 2.14 bits per heavy atom. The van der Waals surface area contributed by atoms with Crippen molar-refractivity contribution in [3.05, 3.63) is 35.4 Å². The van der Waals surface area contributed by atoms with E-state index in [2.05, 4.69) is 10.4 Å². The van der Waals surface area contributed by atoms with E-state index in [4.69, 9.17) is 11.6 Å². The third kappa shape index (κ3) is 2.67. The molecular weight excluding hydrogens is 190 g/mol. The second kappa shape index (κ2) is 4.52. The highest BCUT2D eigenvalue weighted by atomic mass is 19.1. The molecule has 4 nitrogen and oxygen atoms in total. The molecule has 1 aromatic carbocycles. The Bertz CT molecular complexity index is 351. The first kappa shape index (κ1) is 10.4. The molecule has 0 amide bonds. The molecule has 0 radical (unpaired) electrons. The molecule has 0 aliphatic rings. The van der Waals surface area contributed by atoms with Crippen LogP contribution in [-0.2, 0) is 6.54 Å². The lowest BCUT2D eigenvalue weighted by Crippen LogP contribution is -2.37. The van der Waals surface area contributed by atoms with Gasteiger partial charge in [0, 0.05) is 5.56 Å². The van der Waals surface area contributed by atoms with Crippen LogP contribution in [0.2, 0.25) is 0 Å². The van der Waals surface area contributed by atoms with Gasteiger partial charge in [-0.25, -0.2) is 19.6 Å². The predicted molar refractivity (Wildman–Crippen MR) is 49.0 cm³/mol.